The molecule has 3 aromatic rings. The molecule has 1 amide bonds. The third-order valence-corrected chi connectivity index (χ3v) is 3.91. The van der Waals surface area contributed by atoms with Crippen molar-refractivity contribution in [3.8, 4) is 11.6 Å². The average molecular weight is 386 g/mol. The van der Waals surface area contributed by atoms with Crippen molar-refractivity contribution in [3.05, 3.63) is 66.0 Å². The number of anilines is 1. The van der Waals surface area contributed by atoms with Crippen LogP contribution in [0.3, 0.4) is 0 Å². The number of amides is 1. The van der Waals surface area contributed by atoms with Crippen LogP contribution < -0.4 is 10.1 Å². The van der Waals surface area contributed by atoms with E-state index >= 15 is 0 Å². The van der Waals surface area contributed by atoms with Gasteiger partial charge in [0.1, 0.15) is 11.6 Å². The zero-order chi connectivity index (χ0) is 20.3. The summed E-state index contributed by atoms with van der Waals surface area (Å²) in [5.41, 5.74) is 0.706. The van der Waals surface area contributed by atoms with Crippen LogP contribution in [0.5, 0.6) is 5.75 Å². The molecule has 0 atom stereocenters. The summed E-state index contributed by atoms with van der Waals surface area (Å²) in [4.78, 5) is 17.0. The Bertz CT molecular complexity index is 966. The van der Waals surface area contributed by atoms with Gasteiger partial charge in [0.15, 0.2) is 5.82 Å². The molecule has 146 valence electrons. The molecule has 6 nitrogen and oxygen atoms in total. The Kier molecular flexibility index (Phi) is 5.39. The molecule has 3 rings (SSSR count). The number of hydrogen-bond donors (Lipinski definition) is 1. The lowest BCUT2D eigenvalue weighted by atomic mass is 9.92. The summed E-state index contributed by atoms with van der Waals surface area (Å²) >= 11 is 0. The number of benzene rings is 1. The molecule has 28 heavy (non-hydrogen) atoms. The number of pyridine rings is 1. The van der Waals surface area contributed by atoms with Crippen molar-refractivity contribution in [3.63, 3.8) is 0 Å². The monoisotopic (exact) mass is 386 g/mol. The Labute approximate surface area is 161 Å². The van der Waals surface area contributed by atoms with Crippen molar-refractivity contribution in [2.75, 3.05) is 5.32 Å². The number of nitrogens with zero attached hydrogens (tertiary/aromatic N) is 3. The van der Waals surface area contributed by atoms with Gasteiger partial charge in [-0.15, -0.1) is 0 Å². The minimum Gasteiger partial charge on any atom is -0.435 e. The molecular formula is C20H20F2N4O2. The summed E-state index contributed by atoms with van der Waals surface area (Å²) < 4.78 is 30.7. The molecular weight excluding hydrogens is 366 g/mol. The average Bonchev–Trinajstić information content (AvgIpc) is 3.06. The van der Waals surface area contributed by atoms with E-state index in [0.717, 1.165) is 5.69 Å². The first kappa shape index (κ1) is 19.5. The maximum absolute atomic E-state index is 12.7. The number of aromatic nitrogens is 3. The highest BCUT2D eigenvalue weighted by atomic mass is 19.3. The second kappa shape index (κ2) is 7.75. The molecule has 0 radical (unpaired) electrons. The Morgan fingerprint density at radius 3 is 2.57 bits per heavy atom. The van der Waals surface area contributed by atoms with Crippen molar-refractivity contribution >= 4 is 11.7 Å². The Morgan fingerprint density at radius 1 is 1.14 bits per heavy atom. The van der Waals surface area contributed by atoms with E-state index < -0.39 is 12.5 Å². The number of carbonyl (C=O) groups is 1. The van der Waals surface area contributed by atoms with Crippen molar-refractivity contribution in [2.24, 2.45) is 0 Å². The van der Waals surface area contributed by atoms with Crippen LogP contribution in [0, 0.1) is 0 Å². The van der Waals surface area contributed by atoms with Gasteiger partial charge in [-0.3, -0.25) is 4.79 Å². The van der Waals surface area contributed by atoms with Gasteiger partial charge in [-0.25, -0.2) is 4.98 Å². The number of alkyl halides is 2. The van der Waals surface area contributed by atoms with Gasteiger partial charge < -0.3 is 10.1 Å². The Morgan fingerprint density at radius 2 is 1.93 bits per heavy atom. The van der Waals surface area contributed by atoms with E-state index in [9.17, 15) is 13.6 Å². The highest BCUT2D eigenvalue weighted by Crippen LogP contribution is 2.26. The first-order valence-electron chi connectivity index (χ1n) is 8.62. The standard InChI is InChI=1S/C20H20F2N4O2/c1-20(2,3)15-12-17(26(25-15)16-9-4-5-10-23-16)24-18(27)13-7-6-8-14(11-13)28-19(21)22/h4-12,19H,1-3H3,(H,24,27). The van der Waals surface area contributed by atoms with Gasteiger partial charge in [-0.1, -0.05) is 32.9 Å². The predicted octanol–water partition coefficient (Wildman–Crippen LogP) is 4.42. The SMILES string of the molecule is CC(C)(C)c1cc(NC(=O)c2cccc(OC(F)F)c2)n(-c2ccccn2)n1. The minimum absolute atomic E-state index is 0.0868. The third kappa shape index (κ3) is 4.51. The van der Waals surface area contributed by atoms with Gasteiger partial charge >= 0.3 is 6.61 Å². The highest BCUT2D eigenvalue weighted by Gasteiger charge is 2.22. The molecule has 8 heteroatoms. The van der Waals surface area contributed by atoms with E-state index in [-0.39, 0.29) is 16.7 Å². The Hall–Kier alpha value is -3.29. The van der Waals surface area contributed by atoms with Crippen LogP contribution in [0.4, 0.5) is 14.6 Å². The van der Waals surface area contributed by atoms with Crippen LogP contribution in [0.1, 0.15) is 36.8 Å². The summed E-state index contributed by atoms with van der Waals surface area (Å²) in [6.45, 7) is 3.07. The maximum atomic E-state index is 12.7. The van der Waals surface area contributed by atoms with Gasteiger partial charge in [0.05, 0.1) is 5.69 Å². The maximum Gasteiger partial charge on any atom is 0.387 e. The normalized spacial score (nSPS) is 11.5. The number of carbonyl (C=O) groups excluding carboxylic acids is 1. The summed E-state index contributed by atoms with van der Waals surface area (Å²) in [6, 6.07) is 12.7. The molecule has 0 aliphatic heterocycles. The van der Waals surface area contributed by atoms with Crippen molar-refractivity contribution in [1.82, 2.24) is 14.8 Å². The first-order valence-corrected chi connectivity index (χ1v) is 8.62. The van der Waals surface area contributed by atoms with Gasteiger partial charge in [-0.2, -0.15) is 18.6 Å². The third-order valence-electron chi connectivity index (χ3n) is 3.91. The highest BCUT2D eigenvalue weighted by molar-refractivity contribution is 6.04. The second-order valence-electron chi connectivity index (χ2n) is 7.13. The molecule has 0 fully saturated rings. The van der Waals surface area contributed by atoms with Crippen LogP contribution in [-0.4, -0.2) is 27.3 Å². The van der Waals surface area contributed by atoms with Gasteiger partial charge in [0.25, 0.3) is 5.91 Å². The van der Waals surface area contributed by atoms with E-state index in [1.807, 2.05) is 26.8 Å². The van der Waals surface area contributed by atoms with Crippen molar-refractivity contribution in [2.45, 2.75) is 32.8 Å². The van der Waals surface area contributed by atoms with Crippen molar-refractivity contribution < 1.29 is 18.3 Å². The molecule has 0 spiro atoms. The number of hydrogen-bond acceptors (Lipinski definition) is 4. The predicted molar refractivity (Wildman–Crippen MR) is 101 cm³/mol. The number of halogens is 2. The molecule has 0 saturated carbocycles. The lowest BCUT2D eigenvalue weighted by Crippen LogP contribution is -2.16. The number of ether oxygens (including phenoxy) is 1. The summed E-state index contributed by atoms with van der Waals surface area (Å²) in [6.07, 6.45) is 1.63. The van der Waals surface area contributed by atoms with Crippen LogP contribution in [0.2, 0.25) is 0 Å². The fourth-order valence-electron chi connectivity index (χ4n) is 2.49. The molecule has 0 bridgehead atoms. The summed E-state index contributed by atoms with van der Waals surface area (Å²) in [5.74, 6) is 0.408. The Balaban J connectivity index is 1.93. The summed E-state index contributed by atoms with van der Waals surface area (Å²) in [7, 11) is 0. The first-order chi connectivity index (χ1) is 13.2. The number of rotatable bonds is 5. The van der Waals surface area contributed by atoms with Gasteiger partial charge in [0, 0.05) is 23.2 Å². The van der Waals surface area contributed by atoms with E-state index in [2.05, 4.69) is 20.1 Å². The van der Waals surface area contributed by atoms with Gasteiger partial charge in [-0.05, 0) is 30.3 Å². The molecule has 1 N–H and O–H groups in total. The summed E-state index contributed by atoms with van der Waals surface area (Å²) in [5, 5.41) is 7.35. The van der Waals surface area contributed by atoms with Crippen LogP contribution >= 0.6 is 0 Å². The fourth-order valence-corrected chi connectivity index (χ4v) is 2.49. The minimum atomic E-state index is -2.96. The molecule has 2 heterocycles. The van der Waals surface area contributed by atoms with Crippen LogP contribution in [0.25, 0.3) is 5.82 Å². The van der Waals surface area contributed by atoms with E-state index in [1.165, 1.54) is 28.9 Å². The molecule has 0 aliphatic rings. The van der Waals surface area contributed by atoms with Crippen LogP contribution in [-0.2, 0) is 5.41 Å². The second-order valence-corrected chi connectivity index (χ2v) is 7.13. The molecule has 2 aromatic heterocycles. The zero-order valence-corrected chi connectivity index (χ0v) is 15.7. The fraction of sp³-hybridized carbons (Fsp3) is 0.250. The quantitative estimate of drug-likeness (QED) is 0.705. The largest absolute Gasteiger partial charge is 0.435 e. The lowest BCUT2D eigenvalue weighted by Gasteiger charge is -2.13. The molecule has 0 saturated heterocycles. The van der Waals surface area contributed by atoms with E-state index in [0.29, 0.717) is 11.6 Å². The van der Waals surface area contributed by atoms with E-state index in [4.69, 9.17) is 0 Å². The van der Waals surface area contributed by atoms with Gasteiger partial charge in [0.2, 0.25) is 0 Å². The lowest BCUT2D eigenvalue weighted by molar-refractivity contribution is -0.0498. The molecule has 0 aliphatic carbocycles. The van der Waals surface area contributed by atoms with E-state index in [1.54, 1.807) is 24.4 Å². The number of nitrogens with one attached hydrogen (secondary N) is 1. The molecule has 0 unspecified atom stereocenters. The van der Waals surface area contributed by atoms with Crippen LogP contribution in [0.15, 0.2) is 54.7 Å². The topological polar surface area (TPSA) is 69.0 Å². The smallest absolute Gasteiger partial charge is 0.387 e. The van der Waals surface area contributed by atoms with Crippen molar-refractivity contribution in [1.29, 1.82) is 0 Å². The zero-order valence-electron chi connectivity index (χ0n) is 15.7. The molecule has 1 aromatic carbocycles.